The first-order valence-corrected chi connectivity index (χ1v) is 8.30. The van der Waals surface area contributed by atoms with Gasteiger partial charge in [-0.2, -0.15) is 0 Å². The summed E-state index contributed by atoms with van der Waals surface area (Å²) in [5, 5.41) is 3.50. The Morgan fingerprint density at radius 2 is 2.09 bits per heavy atom. The van der Waals surface area contributed by atoms with Crippen LogP contribution in [0.25, 0.3) is 0 Å². The molecule has 1 atom stereocenters. The van der Waals surface area contributed by atoms with Gasteiger partial charge in [0.05, 0.1) is 12.5 Å². The number of hydrogen-bond donors (Lipinski definition) is 1. The molecule has 23 heavy (non-hydrogen) atoms. The molecule has 1 aliphatic heterocycles. The summed E-state index contributed by atoms with van der Waals surface area (Å²) in [6.45, 7) is 3.86. The first kappa shape index (κ1) is 17.8. The summed E-state index contributed by atoms with van der Waals surface area (Å²) in [5.74, 6) is -0.0552. The van der Waals surface area contributed by atoms with Crippen molar-refractivity contribution in [2.24, 2.45) is 0 Å². The molecule has 0 bridgehead atoms. The van der Waals surface area contributed by atoms with Gasteiger partial charge < -0.3 is 15.0 Å². The van der Waals surface area contributed by atoms with Crippen molar-refractivity contribution in [3.8, 4) is 0 Å². The smallest absolute Gasteiger partial charge is 0.224 e. The molecule has 0 aliphatic carbocycles. The highest BCUT2D eigenvalue weighted by Crippen LogP contribution is 2.13. The zero-order chi connectivity index (χ0) is 16.7. The van der Waals surface area contributed by atoms with Crippen molar-refractivity contribution in [2.75, 3.05) is 26.2 Å². The Kier molecular flexibility index (Phi) is 6.86. The van der Waals surface area contributed by atoms with Crippen LogP contribution in [0.2, 0.25) is 5.02 Å². The molecule has 1 aromatic carbocycles. The first-order chi connectivity index (χ1) is 11.0. The van der Waals surface area contributed by atoms with Crippen LogP contribution in [0.4, 0.5) is 0 Å². The summed E-state index contributed by atoms with van der Waals surface area (Å²) in [7, 11) is 0. The summed E-state index contributed by atoms with van der Waals surface area (Å²) in [6.07, 6.45) is 2.48. The third kappa shape index (κ3) is 6.20. The fourth-order valence-corrected chi connectivity index (χ4v) is 2.72. The summed E-state index contributed by atoms with van der Waals surface area (Å²) < 4.78 is 5.56. The van der Waals surface area contributed by atoms with Crippen LogP contribution in [-0.2, 0) is 20.7 Å². The topological polar surface area (TPSA) is 58.6 Å². The predicted molar refractivity (Wildman–Crippen MR) is 89.4 cm³/mol. The maximum Gasteiger partial charge on any atom is 0.224 e. The van der Waals surface area contributed by atoms with Crippen LogP contribution >= 0.6 is 11.6 Å². The minimum Gasteiger partial charge on any atom is -0.376 e. The van der Waals surface area contributed by atoms with Crippen molar-refractivity contribution >= 4 is 23.4 Å². The minimum absolute atomic E-state index is 0.00690. The molecule has 0 spiro atoms. The van der Waals surface area contributed by atoms with Crippen LogP contribution in [0.1, 0.15) is 25.3 Å². The highest BCUT2D eigenvalue weighted by atomic mass is 35.5. The third-order valence-electron chi connectivity index (χ3n) is 3.88. The quantitative estimate of drug-likeness (QED) is 0.827. The lowest BCUT2D eigenvalue weighted by Gasteiger charge is -2.24. The standard InChI is InChI=1S/C17H23ClN2O3/c1-13(21)20(12-16-3-2-10-23-16)9-8-19-17(22)11-14-4-6-15(18)7-5-14/h4-7,16H,2-3,8-12H2,1H3,(H,19,22). The molecular formula is C17H23ClN2O3. The molecule has 1 N–H and O–H groups in total. The molecule has 0 saturated carbocycles. The maximum atomic E-state index is 11.9. The largest absolute Gasteiger partial charge is 0.376 e. The molecule has 2 rings (SSSR count). The van der Waals surface area contributed by atoms with Crippen LogP contribution in [0, 0.1) is 0 Å². The second-order valence-electron chi connectivity index (χ2n) is 5.75. The zero-order valence-corrected chi connectivity index (χ0v) is 14.1. The molecule has 1 aromatic rings. The summed E-state index contributed by atoms with van der Waals surface area (Å²) in [4.78, 5) is 25.3. The van der Waals surface area contributed by atoms with Gasteiger partial charge in [0, 0.05) is 38.2 Å². The number of rotatable bonds is 7. The second-order valence-corrected chi connectivity index (χ2v) is 6.19. The van der Waals surface area contributed by atoms with E-state index in [-0.39, 0.29) is 17.9 Å². The van der Waals surface area contributed by atoms with Gasteiger partial charge in [0.25, 0.3) is 0 Å². The van der Waals surface area contributed by atoms with Gasteiger partial charge in [-0.25, -0.2) is 0 Å². The fourth-order valence-electron chi connectivity index (χ4n) is 2.59. The van der Waals surface area contributed by atoms with Crippen molar-refractivity contribution < 1.29 is 14.3 Å². The zero-order valence-electron chi connectivity index (χ0n) is 13.4. The van der Waals surface area contributed by atoms with Gasteiger partial charge >= 0.3 is 0 Å². The van der Waals surface area contributed by atoms with Gasteiger partial charge in [-0.3, -0.25) is 9.59 Å². The third-order valence-corrected chi connectivity index (χ3v) is 4.13. The summed E-state index contributed by atoms with van der Waals surface area (Å²) >= 11 is 5.82. The number of ether oxygens (including phenoxy) is 1. The molecule has 5 nitrogen and oxygen atoms in total. The van der Waals surface area contributed by atoms with Crippen LogP contribution in [-0.4, -0.2) is 49.1 Å². The van der Waals surface area contributed by atoms with Crippen molar-refractivity contribution in [1.82, 2.24) is 10.2 Å². The van der Waals surface area contributed by atoms with Gasteiger partial charge in [-0.1, -0.05) is 23.7 Å². The number of nitrogens with zero attached hydrogens (tertiary/aromatic N) is 1. The normalized spacial score (nSPS) is 17.0. The van der Waals surface area contributed by atoms with Gasteiger partial charge in [-0.05, 0) is 30.5 Å². The highest BCUT2D eigenvalue weighted by molar-refractivity contribution is 6.30. The molecule has 1 aliphatic rings. The number of nitrogens with one attached hydrogen (secondary N) is 1. The van der Waals surface area contributed by atoms with Crippen LogP contribution in [0.5, 0.6) is 0 Å². The Bertz CT molecular complexity index is 527. The molecule has 0 aromatic heterocycles. The predicted octanol–water partition coefficient (Wildman–Crippen LogP) is 2.03. The van der Waals surface area contributed by atoms with E-state index in [0.717, 1.165) is 25.0 Å². The number of hydrogen-bond acceptors (Lipinski definition) is 3. The lowest BCUT2D eigenvalue weighted by Crippen LogP contribution is -2.41. The van der Waals surface area contributed by atoms with Crippen LogP contribution < -0.4 is 5.32 Å². The van der Waals surface area contributed by atoms with E-state index in [2.05, 4.69) is 5.32 Å². The molecule has 6 heteroatoms. The van der Waals surface area contributed by atoms with Gasteiger partial charge in [0.2, 0.25) is 11.8 Å². The molecule has 0 radical (unpaired) electrons. The summed E-state index contributed by atoms with van der Waals surface area (Å²) in [5.41, 5.74) is 0.912. The molecule has 1 saturated heterocycles. The molecule has 1 unspecified atom stereocenters. The number of benzene rings is 1. The van der Waals surface area contributed by atoms with E-state index < -0.39 is 0 Å². The number of halogens is 1. The fraction of sp³-hybridized carbons (Fsp3) is 0.529. The second kappa shape index (κ2) is 8.89. The number of carbonyl (C=O) groups is 2. The van der Waals surface area contributed by atoms with Crippen LogP contribution in [0.15, 0.2) is 24.3 Å². The van der Waals surface area contributed by atoms with E-state index in [1.54, 1.807) is 24.0 Å². The first-order valence-electron chi connectivity index (χ1n) is 7.93. The van der Waals surface area contributed by atoms with Gasteiger partial charge in [0.1, 0.15) is 0 Å². The Morgan fingerprint density at radius 1 is 1.35 bits per heavy atom. The van der Waals surface area contributed by atoms with E-state index >= 15 is 0 Å². The lowest BCUT2D eigenvalue weighted by atomic mass is 10.1. The SMILES string of the molecule is CC(=O)N(CCNC(=O)Cc1ccc(Cl)cc1)CC1CCCO1. The van der Waals surface area contributed by atoms with E-state index in [4.69, 9.17) is 16.3 Å². The Labute approximate surface area is 141 Å². The Morgan fingerprint density at radius 3 is 2.70 bits per heavy atom. The minimum atomic E-state index is -0.0621. The maximum absolute atomic E-state index is 11.9. The summed E-state index contributed by atoms with van der Waals surface area (Å²) in [6, 6.07) is 7.20. The Balaban J connectivity index is 1.71. The van der Waals surface area contributed by atoms with Crippen LogP contribution in [0.3, 0.4) is 0 Å². The van der Waals surface area contributed by atoms with Gasteiger partial charge in [0.15, 0.2) is 0 Å². The van der Waals surface area contributed by atoms with Crippen molar-refractivity contribution in [3.05, 3.63) is 34.9 Å². The highest BCUT2D eigenvalue weighted by Gasteiger charge is 2.20. The lowest BCUT2D eigenvalue weighted by molar-refractivity contribution is -0.131. The molecule has 126 valence electrons. The average molecular weight is 339 g/mol. The molecular weight excluding hydrogens is 316 g/mol. The van der Waals surface area contributed by atoms with E-state index in [0.29, 0.717) is 31.1 Å². The molecule has 1 heterocycles. The monoisotopic (exact) mass is 338 g/mol. The van der Waals surface area contributed by atoms with E-state index in [1.807, 2.05) is 12.1 Å². The van der Waals surface area contributed by atoms with Crippen molar-refractivity contribution in [1.29, 1.82) is 0 Å². The number of carbonyl (C=O) groups excluding carboxylic acids is 2. The van der Waals surface area contributed by atoms with Crippen molar-refractivity contribution in [2.45, 2.75) is 32.3 Å². The van der Waals surface area contributed by atoms with E-state index in [1.165, 1.54) is 0 Å². The average Bonchev–Trinajstić information content (AvgIpc) is 3.01. The molecule has 2 amide bonds. The number of amides is 2. The van der Waals surface area contributed by atoms with Gasteiger partial charge in [-0.15, -0.1) is 0 Å². The van der Waals surface area contributed by atoms with Crippen molar-refractivity contribution in [3.63, 3.8) is 0 Å². The molecule has 1 fully saturated rings. The van der Waals surface area contributed by atoms with E-state index in [9.17, 15) is 9.59 Å². The Hall–Kier alpha value is -1.59.